The van der Waals surface area contributed by atoms with E-state index in [0.29, 0.717) is 5.75 Å². The number of ether oxygens (including phenoxy) is 1. The van der Waals surface area contributed by atoms with Gasteiger partial charge in [-0.3, -0.25) is 4.79 Å². The fourth-order valence-electron chi connectivity index (χ4n) is 1.93. The molecule has 2 rings (SSSR count). The quantitative estimate of drug-likeness (QED) is 0.632. The molecule has 1 aromatic heterocycles. The predicted octanol–water partition coefficient (Wildman–Crippen LogP) is 3.31. The standard InChI is InChI=1S/C16H18BrN3O2/c1-10-7-13(11(2)19-10)9-18-20-16(21)12(3)22-15-6-4-5-14(17)8-15/h4-9,12,19H,1-3H3,(H,20,21)/b18-9+/t12-/m0/s1. The molecule has 1 amide bonds. The molecule has 0 radical (unpaired) electrons. The molecule has 0 saturated heterocycles. The van der Waals surface area contributed by atoms with Crippen LogP contribution in [0.5, 0.6) is 5.75 Å². The van der Waals surface area contributed by atoms with Crippen molar-refractivity contribution in [2.45, 2.75) is 26.9 Å². The van der Waals surface area contributed by atoms with E-state index in [1.807, 2.05) is 32.0 Å². The fraction of sp³-hybridized carbons (Fsp3) is 0.250. The number of H-pyrrole nitrogens is 1. The van der Waals surface area contributed by atoms with Gasteiger partial charge in [-0.2, -0.15) is 5.10 Å². The van der Waals surface area contributed by atoms with Gasteiger partial charge in [-0.25, -0.2) is 5.43 Å². The molecule has 0 fully saturated rings. The number of aryl methyl sites for hydroxylation is 2. The molecule has 22 heavy (non-hydrogen) atoms. The summed E-state index contributed by atoms with van der Waals surface area (Å²) in [5, 5.41) is 3.96. The van der Waals surface area contributed by atoms with Crippen LogP contribution in [0.4, 0.5) is 0 Å². The van der Waals surface area contributed by atoms with Crippen molar-refractivity contribution in [2.75, 3.05) is 0 Å². The minimum atomic E-state index is -0.638. The Bertz CT molecular complexity index is 694. The van der Waals surface area contributed by atoms with Crippen molar-refractivity contribution in [1.29, 1.82) is 0 Å². The number of rotatable bonds is 5. The van der Waals surface area contributed by atoms with Crippen molar-refractivity contribution >= 4 is 28.1 Å². The van der Waals surface area contributed by atoms with Gasteiger partial charge in [-0.1, -0.05) is 22.0 Å². The first kappa shape index (κ1) is 16.3. The molecular formula is C16H18BrN3O2. The Kier molecular flexibility index (Phi) is 5.38. The zero-order valence-corrected chi connectivity index (χ0v) is 14.3. The first-order valence-electron chi connectivity index (χ1n) is 6.87. The maximum absolute atomic E-state index is 11.9. The summed E-state index contributed by atoms with van der Waals surface area (Å²) in [7, 11) is 0. The van der Waals surface area contributed by atoms with E-state index in [1.54, 1.807) is 25.3 Å². The van der Waals surface area contributed by atoms with Crippen LogP contribution in [-0.4, -0.2) is 23.2 Å². The lowest BCUT2D eigenvalue weighted by Crippen LogP contribution is -2.33. The van der Waals surface area contributed by atoms with Crippen LogP contribution in [0.25, 0.3) is 0 Å². The van der Waals surface area contributed by atoms with Gasteiger partial charge in [-0.15, -0.1) is 0 Å². The van der Waals surface area contributed by atoms with E-state index in [4.69, 9.17) is 4.74 Å². The number of benzene rings is 1. The molecule has 6 heteroatoms. The number of hydrogen-bond acceptors (Lipinski definition) is 3. The number of aromatic nitrogens is 1. The first-order chi connectivity index (χ1) is 10.5. The highest BCUT2D eigenvalue weighted by Gasteiger charge is 2.14. The third kappa shape index (κ3) is 4.46. The second-order valence-corrected chi connectivity index (χ2v) is 5.90. The maximum atomic E-state index is 11.9. The van der Waals surface area contributed by atoms with Crippen molar-refractivity contribution in [2.24, 2.45) is 5.10 Å². The van der Waals surface area contributed by atoms with E-state index >= 15 is 0 Å². The number of halogens is 1. The molecule has 0 bridgehead atoms. The van der Waals surface area contributed by atoms with Gasteiger partial charge in [0.2, 0.25) is 0 Å². The minimum absolute atomic E-state index is 0.305. The topological polar surface area (TPSA) is 66.5 Å². The van der Waals surface area contributed by atoms with Gasteiger partial charge in [-0.05, 0) is 45.0 Å². The van der Waals surface area contributed by atoms with Gasteiger partial charge >= 0.3 is 0 Å². The lowest BCUT2D eigenvalue weighted by Gasteiger charge is -2.12. The van der Waals surface area contributed by atoms with Gasteiger partial charge in [0.05, 0.1) is 6.21 Å². The fourth-order valence-corrected chi connectivity index (χ4v) is 2.31. The average molecular weight is 364 g/mol. The van der Waals surface area contributed by atoms with E-state index in [1.165, 1.54) is 0 Å². The number of carbonyl (C=O) groups is 1. The van der Waals surface area contributed by atoms with Crippen LogP contribution in [0.15, 0.2) is 39.9 Å². The van der Waals surface area contributed by atoms with E-state index < -0.39 is 6.10 Å². The first-order valence-corrected chi connectivity index (χ1v) is 7.66. The third-order valence-electron chi connectivity index (χ3n) is 3.05. The zero-order chi connectivity index (χ0) is 16.1. The molecule has 5 nitrogen and oxygen atoms in total. The van der Waals surface area contributed by atoms with Gasteiger partial charge < -0.3 is 9.72 Å². The summed E-state index contributed by atoms with van der Waals surface area (Å²) in [5.74, 6) is 0.319. The summed E-state index contributed by atoms with van der Waals surface area (Å²) >= 11 is 3.36. The van der Waals surface area contributed by atoms with Crippen LogP contribution in [0, 0.1) is 13.8 Å². The van der Waals surface area contributed by atoms with Crippen LogP contribution >= 0.6 is 15.9 Å². The van der Waals surface area contributed by atoms with Crippen molar-refractivity contribution in [3.8, 4) is 5.75 Å². The van der Waals surface area contributed by atoms with Gasteiger partial charge in [0.15, 0.2) is 6.10 Å². The smallest absolute Gasteiger partial charge is 0.280 e. The molecule has 0 saturated carbocycles. The highest BCUT2D eigenvalue weighted by atomic mass is 79.9. The molecule has 0 unspecified atom stereocenters. The van der Waals surface area contributed by atoms with Crippen molar-refractivity contribution in [3.05, 3.63) is 51.8 Å². The van der Waals surface area contributed by atoms with Crippen molar-refractivity contribution in [1.82, 2.24) is 10.4 Å². The van der Waals surface area contributed by atoms with E-state index in [-0.39, 0.29) is 5.91 Å². The molecule has 2 N–H and O–H groups in total. The summed E-state index contributed by atoms with van der Waals surface area (Å²) in [6.45, 7) is 5.60. The Labute approximate surface area is 137 Å². The molecule has 0 aliphatic rings. The number of carbonyl (C=O) groups excluding carboxylic acids is 1. The van der Waals surface area contributed by atoms with Crippen molar-refractivity contribution < 1.29 is 9.53 Å². The second-order valence-electron chi connectivity index (χ2n) is 4.98. The second kappa shape index (κ2) is 7.26. The van der Waals surface area contributed by atoms with Gasteiger partial charge in [0.25, 0.3) is 5.91 Å². The zero-order valence-electron chi connectivity index (χ0n) is 12.7. The summed E-state index contributed by atoms with van der Waals surface area (Å²) in [6, 6.07) is 9.30. The highest BCUT2D eigenvalue weighted by molar-refractivity contribution is 9.10. The Morgan fingerprint density at radius 1 is 1.41 bits per heavy atom. The van der Waals surface area contributed by atoms with Crippen LogP contribution in [0.3, 0.4) is 0 Å². The number of amides is 1. The van der Waals surface area contributed by atoms with E-state index in [2.05, 4.69) is 31.4 Å². The molecule has 116 valence electrons. The Hall–Kier alpha value is -2.08. The molecule has 0 aliphatic heterocycles. The normalized spacial score (nSPS) is 12.4. The molecule has 2 aromatic rings. The molecular weight excluding hydrogens is 346 g/mol. The predicted molar refractivity (Wildman–Crippen MR) is 90.2 cm³/mol. The van der Waals surface area contributed by atoms with Crippen LogP contribution < -0.4 is 10.2 Å². The summed E-state index contributed by atoms with van der Waals surface area (Å²) < 4.78 is 6.46. The van der Waals surface area contributed by atoms with Crippen molar-refractivity contribution in [3.63, 3.8) is 0 Å². The molecule has 1 heterocycles. The van der Waals surface area contributed by atoms with Gasteiger partial charge in [0.1, 0.15) is 5.75 Å². The van der Waals surface area contributed by atoms with Crippen LogP contribution in [0.1, 0.15) is 23.9 Å². The number of hydrazone groups is 1. The Morgan fingerprint density at radius 2 is 2.18 bits per heavy atom. The highest BCUT2D eigenvalue weighted by Crippen LogP contribution is 2.18. The Morgan fingerprint density at radius 3 is 2.82 bits per heavy atom. The number of nitrogens with zero attached hydrogens (tertiary/aromatic N) is 1. The number of nitrogens with one attached hydrogen (secondary N) is 2. The molecule has 1 aromatic carbocycles. The molecule has 0 spiro atoms. The summed E-state index contributed by atoms with van der Waals surface area (Å²) in [5.41, 5.74) is 5.49. The maximum Gasteiger partial charge on any atom is 0.280 e. The van der Waals surface area contributed by atoms with Crippen LogP contribution in [-0.2, 0) is 4.79 Å². The van der Waals surface area contributed by atoms with Gasteiger partial charge in [0, 0.05) is 21.4 Å². The Balaban J connectivity index is 1.90. The summed E-state index contributed by atoms with van der Waals surface area (Å²) in [4.78, 5) is 15.1. The number of aromatic amines is 1. The lowest BCUT2D eigenvalue weighted by atomic mass is 10.3. The van der Waals surface area contributed by atoms with E-state index in [9.17, 15) is 4.79 Å². The number of hydrogen-bond donors (Lipinski definition) is 2. The largest absolute Gasteiger partial charge is 0.481 e. The SMILES string of the molecule is Cc1cc(/C=N/NC(=O)[C@H](C)Oc2cccc(Br)c2)c(C)[nH]1. The molecule has 1 atom stereocenters. The average Bonchev–Trinajstić information content (AvgIpc) is 2.77. The monoisotopic (exact) mass is 363 g/mol. The molecule has 0 aliphatic carbocycles. The van der Waals surface area contributed by atoms with Crippen LogP contribution in [0.2, 0.25) is 0 Å². The van der Waals surface area contributed by atoms with E-state index in [0.717, 1.165) is 21.4 Å². The lowest BCUT2D eigenvalue weighted by molar-refractivity contribution is -0.127. The minimum Gasteiger partial charge on any atom is -0.481 e. The third-order valence-corrected chi connectivity index (χ3v) is 3.54. The summed E-state index contributed by atoms with van der Waals surface area (Å²) in [6.07, 6.45) is 0.975.